The predicted octanol–water partition coefficient (Wildman–Crippen LogP) is 2.27. The summed E-state index contributed by atoms with van der Waals surface area (Å²) in [4.78, 5) is 24.5. The average Bonchev–Trinajstić information content (AvgIpc) is 2.80. The number of unbranched alkanes of at least 4 members (excludes halogenated alkanes) is 3. The van der Waals surface area contributed by atoms with Crippen LogP contribution >= 0.6 is 11.8 Å². The molecule has 0 aromatic heterocycles. The zero-order chi connectivity index (χ0) is 15.0. The zero-order valence-corrected chi connectivity index (χ0v) is 13.2. The van der Waals surface area contributed by atoms with E-state index in [0.29, 0.717) is 19.6 Å². The highest BCUT2D eigenvalue weighted by atomic mass is 32.2. The third kappa shape index (κ3) is 5.61. The minimum atomic E-state index is -0.804. The van der Waals surface area contributed by atoms with Crippen molar-refractivity contribution in [2.24, 2.45) is 11.8 Å². The van der Waals surface area contributed by atoms with Crippen molar-refractivity contribution in [1.29, 1.82) is 0 Å². The standard InChI is InChI=1S/C14H26N2O3S/c1-11-9-16(10-12(11)13(17)18)14(19)15-7-5-3-4-6-8-20-2/h11-12H,3-10H2,1-2H3,(H,15,19)(H,17,18)/t11-,12-/m1/s1. The second-order valence-electron chi connectivity index (χ2n) is 5.47. The summed E-state index contributed by atoms with van der Waals surface area (Å²) in [6.45, 7) is 3.44. The first-order chi connectivity index (χ1) is 9.56. The van der Waals surface area contributed by atoms with E-state index in [-0.39, 0.29) is 11.9 Å². The van der Waals surface area contributed by atoms with Crippen LogP contribution in [0, 0.1) is 11.8 Å². The summed E-state index contributed by atoms with van der Waals surface area (Å²) in [5.41, 5.74) is 0. The lowest BCUT2D eigenvalue weighted by Gasteiger charge is -2.16. The third-order valence-corrected chi connectivity index (χ3v) is 4.47. The Bertz CT molecular complexity index is 326. The first-order valence-electron chi connectivity index (χ1n) is 7.30. The van der Waals surface area contributed by atoms with Crippen LogP contribution in [0.2, 0.25) is 0 Å². The number of nitrogens with one attached hydrogen (secondary N) is 1. The molecule has 5 nitrogen and oxygen atoms in total. The number of aliphatic carboxylic acids is 1. The van der Waals surface area contributed by atoms with Crippen LogP contribution in [0.15, 0.2) is 0 Å². The van der Waals surface area contributed by atoms with E-state index in [1.807, 2.05) is 18.7 Å². The second kappa shape index (κ2) is 9.10. The molecule has 0 aromatic rings. The molecule has 2 amide bonds. The van der Waals surface area contributed by atoms with Crippen molar-refractivity contribution in [2.45, 2.75) is 32.6 Å². The Morgan fingerprint density at radius 1 is 1.25 bits per heavy atom. The number of thioether (sulfide) groups is 1. The molecule has 1 rings (SSSR count). The molecule has 1 heterocycles. The largest absolute Gasteiger partial charge is 0.481 e. The van der Waals surface area contributed by atoms with Crippen LogP contribution in [0.4, 0.5) is 4.79 Å². The summed E-state index contributed by atoms with van der Waals surface area (Å²) in [5.74, 6) is 0.00731. The zero-order valence-electron chi connectivity index (χ0n) is 12.4. The van der Waals surface area contributed by atoms with Crippen LogP contribution < -0.4 is 5.32 Å². The Labute approximate surface area is 125 Å². The second-order valence-corrected chi connectivity index (χ2v) is 6.45. The number of hydrogen-bond acceptors (Lipinski definition) is 3. The highest BCUT2D eigenvalue weighted by Gasteiger charge is 2.36. The van der Waals surface area contributed by atoms with Crippen LogP contribution in [-0.2, 0) is 4.79 Å². The van der Waals surface area contributed by atoms with Crippen LogP contribution in [-0.4, -0.2) is 53.6 Å². The van der Waals surface area contributed by atoms with Crippen molar-refractivity contribution in [2.75, 3.05) is 31.6 Å². The lowest BCUT2D eigenvalue weighted by molar-refractivity contribution is -0.142. The van der Waals surface area contributed by atoms with Crippen molar-refractivity contribution in [1.82, 2.24) is 10.2 Å². The molecule has 1 aliphatic heterocycles. The Morgan fingerprint density at radius 2 is 1.95 bits per heavy atom. The third-order valence-electron chi connectivity index (χ3n) is 3.77. The molecule has 2 atom stereocenters. The Morgan fingerprint density at radius 3 is 2.55 bits per heavy atom. The molecule has 1 aliphatic rings. The van der Waals surface area contributed by atoms with Crippen molar-refractivity contribution in [3.63, 3.8) is 0 Å². The van der Waals surface area contributed by atoms with Gasteiger partial charge in [0.15, 0.2) is 0 Å². The average molecular weight is 302 g/mol. The number of carboxylic acids is 1. The number of nitrogens with zero attached hydrogens (tertiary/aromatic N) is 1. The van der Waals surface area contributed by atoms with E-state index in [0.717, 1.165) is 12.8 Å². The predicted molar refractivity (Wildman–Crippen MR) is 82.1 cm³/mol. The molecule has 0 radical (unpaired) electrons. The smallest absolute Gasteiger partial charge is 0.317 e. The SMILES string of the molecule is CSCCCCCCNC(=O)N1C[C@@H](C)[C@H](C(=O)O)C1. The van der Waals surface area contributed by atoms with Gasteiger partial charge in [-0.15, -0.1) is 0 Å². The van der Waals surface area contributed by atoms with Gasteiger partial charge in [-0.25, -0.2) is 4.79 Å². The van der Waals surface area contributed by atoms with Crippen LogP contribution in [0.25, 0.3) is 0 Å². The summed E-state index contributed by atoms with van der Waals surface area (Å²) in [7, 11) is 0. The topological polar surface area (TPSA) is 69.6 Å². The fourth-order valence-electron chi connectivity index (χ4n) is 2.49. The van der Waals surface area contributed by atoms with E-state index < -0.39 is 11.9 Å². The van der Waals surface area contributed by atoms with Gasteiger partial charge in [0.05, 0.1) is 5.92 Å². The first-order valence-corrected chi connectivity index (χ1v) is 8.70. The maximum atomic E-state index is 11.9. The van der Waals surface area contributed by atoms with Gasteiger partial charge in [0, 0.05) is 19.6 Å². The van der Waals surface area contributed by atoms with Crippen LogP contribution in [0.3, 0.4) is 0 Å². The van der Waals surface area contributed by atoms with Crippen LogP contribution in [0.1, 0.15) is 32.6 Å². The van der Waals surface area contributed by atoms with Gasteiger partial charge in [-0.2, -0.15) is 11.8 Å². The molecule has 0 unspecified atom stereocenters. The molecule has 0 spiro atoms. The van der Waals surface area contributed by atoms with Crippen LogP contribution in [0.5, 0.6) is 0 Å². The summed E-state index contributed by atoms with van der Waals surface area (Å²) in [5, 5.41) is 11.9. The fourth-order valence-corrected chi connectivity index (χ4v) is 2.98. The molecule has 0 aromatic carbocycles. The molecule has 2 N–H and O–H groups in total. The van der Waals surface area contributed by atoms with Gasteiger partial charge in [-0.05, 0) is 30.8 Å². The molecule has 1 fully saturated rings. The van der Waals surface area contributed by atoms with Gasteiger partial charge < -0.3 is 15.3 Å². The summed E-state index contributed by atoms with van der Waals surface area (Å²) < 4.78 is 0. The monoisotopic (exact) mass is 302 g/mol. The highest BCUT2D eigenvalue weighted by Crippen LogP contribution is 2.22. The minimum absolute atomic E-state index is 0.0322. The molecule has 1 saturated heterocycles. The maximum Gasteiger partial charge on any atom is 0.317 e. The van der Waals surface area contributed by atoms with Gasteiger partial charge in [0.1, 0.15) is 0 Å². The fraction of sp³-hybridized carbons (Fsp3) is 0.857. The lowest BCUT2D eigenvalue weighted by atomic mass is 9.99. The van der Waals surface area contributed by atoms with Gasteiger partial charge in [-0.3, -0.25) is 4.79 Å². The minimum Gasteiger partial charge on any atom is -0.481 e. The Kier molecular flexibility index (Phi) is 7.80. The molecule has 116 valence electrons. The molecular formula is C14H26N2O3S. The number of rotatable bonds is 8. The van der Waals surface area contributed by atoms with E-state index in [9.17, 15) is 9.59 Å². The van der Waals surface area contributed by atoms with E-state index in [1.165, 1.54) is 18.6 Å². The number of likely N-dealkylation sites (tertiary alicyclic amines) is 1. The van der Waals surface area contributed by atoms with Crippen molar-refractivity contribution < 1.29 is 14.7 Å². The van der Waals surface area contributed by atoms with Crippen molar-refractivity contribution >= 4 is 23.8 Å². The van der Waals surface area contributed by atoms with E-state index >= 15 is 0 Å². The number of hydrogen-bond donors (Lipinski definition) is 2. The van der Waals surface area contributed by atoms with Gasteiger partial charge in [-0.1, -0.05) is 19.8 Å². The number of carbonyl (C=O) groups is 2. The molecule has 20 heavy (non-hydrogen) atoms. The van der Waals surface area contributed by atoms with E-state index in [1.54, 1.807) is 4.90 Å². The first kappa shape index (κ1) is 17.1. The molecular weight excluding hydrogens is 276 g/mol. The maximum absolute atomic E-state index is 11.9. The van der Waals surface area contributed by atoms with E-state index in [2.05, 4.69) is 11.6 Å². The normalized spacial score (nSPS) is 22.0. The number of carboxylic acid groups (broad SMARTS) is 1. The summed E-state index contributed by atoms with van der Waals surface area (Å²) in [6, 6.07) is -0.121. The van der Waals surface area contributed by atoms with Gasteiger partial charge >= 0.3 is 12.0 Å². The van der Waals surface area contributed by atoms with Crippen molar-refractivity contribution in [3.05, 3.63) is 0 Å². The number of carbonyl (C=O) groups excluding carboxylic acids is 1. The molecule has 6 heteroatoms. The summed E-state index contributed by atoms with van der Waals surface area (Å²) >= 11 is 1.87. The number of amides is 2. The molecule has 0 saturated carbocycles. The van der Waals surface area contributed by atoms with Gasteiger partial charge in [0.25, 0.3) is 0 Å². The highest BCUT2D eigenvalue weighted by molar-refractivity contribution is 7.98. The molecule has 0 aliphatic carbocycles. The number of urea groups is 1. The molecule has 0 bridgehead atoms. The Hall–Kier alpha value is -0.910. The lowest BCUT2D eigenvalue weighted by Crippen LogP contribution is -2.39. The quantitative estimate of drug-likeness (QED) is 0.675. The van der Waals surface area contributed by atoms with Crippen molar-refractivity contribution in [3.8, 4) is 0 Å². The van der Waals surface area contributed by atoms with Gasteiger partial charge in [0.2, 0.25) is 0 Å². The Balaban J connectivity index is 2.13. The van der Waals surface area contributed by atoms with E-state index in [4.69, 9.17) is 5.11 Å². The summed E-state index contributed by atoms with van der Waals surface area (Å²) in [6.07, 6.45) is 6.68.